The van der Waals surface area contributed by atoms with E-state index in [0.29, 0.717) is 18.1 Å². The second-order valence-electron chi connectivity index (χ2n) is 4.06. The van der Waals surface area contributed by atoms with Crippen molar-refractivity contribution in [2.45, 2.75) is 6.92 Å². The van der Waals surface area contributed by atoms with E-state index >= 15 is 0 Å². The minimum atomic E-state index is -0.0929. The van der Waals surface area contributed by atoms with Crippen molar-refractivity contribution in [3.8, 4) is 0 Å². The fraction of sp³-hybridized carbons (Fsp3) is 0.231. The van der Waals surface area contributed by atoms with Crippen LogP contribution in [0.2, 0.25) is 0 Å². The fourth-order valence-corrected chi connectivity index (χ4v) is 3.59. The van der Waals surface area contributed by atoms with Crippen LogP contribution in [0.15, 0.2) is 33.2 Å². The monoisotopic (exact) mass is 292 g/mol. The van der Waals surface area contributed by atoms with Gasteiger partial charge in [-0.25, -0.2) is 4.98 Å². The van der Waals surface area contributed by atoms with E-state index in [9.17, 15) is 4.79 Å². The van der Waals surface area contributed by atoms with Crippen LogP contribution in [0, 0.1) is 6.92 Å². The van der Waals surface area contributed by atoms with Crippen LogP contribution in [-0.4, -0.2) is 28.1 Å². The fourth-order valence-electron chi connectivity index (χ4n) is 1.85. The second kappa shape index (κ2) is 5.22. The van der Waals surface area contributed by atoms with Crippen LogP contribution >= 0.6 is 23.1 Å². The lowest BCUT2D eigenvalue weighted by atomic mass is 10.4. The lowest BCUT2D eigenvalue weighted by Crippen LogP contribution is -2.26. The quantitative estimate of drug-likeness (QED) is 0.852. The predicted octanol–water partition coefficient (Wildman–Crippen LogP) is 3.23. The van der Waals surface area contributed by atoms with Gasteiger partial charge in [-0.15, -0.1) is 23.1 Å². The SMILES string of the molecule is Cc1nc(C(=O)N2CCS/C2=C/c2cccs2)co1. The zero-order valence-corrected chi connectivity index (χ0v) is 12.0. The highest BCUT2D eigenvalue weighted by Gasteiger charge is 2.27. The minimum Gasteiger partial charge on any atom is -0.448 e. The molecule has 0 saturated carbocycles. The molecule has 0 bridgehead atoms. The zero-order valence-electron chi connectivity index (χ0n) is 10.3. The third-order valence-corrected chi connectivity index (χ3v) is 4.56. The molecule has 0 aliphatic carbocycles. The molecule has 1 saturated heterocycles. The van der Waals surface area contributed by atoms with Gasteiger partial charge in [-0.3, -0.25) is 4.79 Å². The van der Waals surface area contributed by atoms with Gasteiger partial charge in [0.1, 0.15) is 6.26 Å². The van der Waals surface area contributed by atoms with E-state index in [2.05, 4.69) is 4.98 Å². The number of aromatic nitrogens is 1. The van der Waals surface area contributed by atoms with Crippen molar-refractivity contribution in [1.29, 1.82) is 0 Å². The lowest BCUT2D eigenvalue weighted by molar-refractivity contribution is 0.0825. The van der Waals surface area contributed by atoms with Crippen molar-refractivity contribution in [1.82, 2.24) is 9.88 Å². The number of thiophene rings is 1. The maximum Gasteiger partial charge on any atom is 0.280 e. The zero-order chi connectivity index (χ0) is 13.2. The van der Waals surface area contributed by atoms with Crippen molar-refractivity contribution in [2.75, 3.05) is 12.3 Å². The Bertz CT molecular complexity index is 616. The number of aryl methyl sites for hydroxylation is 1. The average molecular weight is 292 g/mol. The number of oxazole rings is 1. The lowest BCUT2D eigenvalue weighted by Gasteiger charge is -2.14. The molecule has 3 heterocycles. The molecule has 0 atom stereocenters. The number of thioether (sulfide) groups is 1. The Kier molecular flexibility index (Phi) is 3.44. The van der Waals surface area contributed by atoms with Crippen LogP contribution in [0.25, 0.3) is 6.08 Å². The number of carbonyl (C=O) groups excluding carboxylic acids is 1. The molecule has 3 rings (SSSR count). The van der Waals surface area contributed by atoms with E-state index in [1.54, 1.807) is 34.9 Å². The first-order chi connectivity index (χ1) is 9.24. The molecule has 98 valence electrons. The largest absolute Gasteiger partial charge is 0.448 e. The second-order valence-corrected chi connectivity index (χ2v) is 6.15. The van der Waals surface area contributed by atoms with Crippen molar-refractivity contribution in [2.24, 2.45) is 0 Å². The molecule has 19 heavy (non-hydrogen) atoms. The molecule has 0 N–H and O–H groups in total. The predicted molar refractivity (Wildman–Crippen MR) is 77.0 cm³/mol. The molecule has 4 nitrogen and oxygen atoms in total. The van der Waals surface area contributed by atoms with Crippen molar-refractivity contribution in [3.05, 3.63) is 45.3 Å². The van der Waals surface area contributed by atoms with Crippen LogP contribution in [0.5, 0.6) is 0 Å². The normalized spacial score (nSPS) is 17.3. The molecule has 2 aromatic heterocycles. The molecule has 1 aliphatic rings. The molecule has 6 heteroatoms. The van der Waals surface area contributed by atoms with Gasteiger partial charge in [0.25, 0.3) is 5.91 Å². The van der Waals surface area contributed by atoms with Gasteiger partial charge in [-0.05, 0) is 17.5 Å². The van der Waals surface area contributed by atoms with Gasteiger partial charge in [0.05, 0.1) is 5.03 Å². The molecular formula is C13H12N2O2S2. The Balaban J connectivity index is 1.85. The van der Waals surface area contributed by atoms with Gasteiger partial charge >= 0.3 is 0 Å². The Morgan fingerprint density at radius 3 is 3.16 bits per heavy atom. The number of nitrogens with zero attached hydrogens (tertiary/aromatic N) is 2. The number of carbonyl (C=O) groups is 1. The van der Waals surface area contributed by atoms with E-state index in [4.69, 9.17) is 4.42 Å². The van der Waals surface area contributed by atoms with E-state index in [0.717, 1.165) is 15.7 Å². The van der Waals surface area contributed by atoms with Gasteiger partial charge in [0.2, 0.25) is 0 Å². The summed E-state index contributed by atoms with van der Waals surface area (Å²) in [6, 6.07) is 4.04. The highest BCUT2D eigenvalue weighted by atomic mass is 32.2. The third kappa shape index (κ3) is 2.59. The topological polar surface area (TPSA) is 46.3 Å². The van der Waals surface area contributed by atoms with Gasteiger partial charge in [-0.2, -0.15) is 0 Å². The molecule has 1 aliphatic heterocycles. The first-order valence-electron chi connectivity index (χ1n) is 5.86. The van der Waals surface area contributed by atoms with Gasteiger partial charge in [0, 0.05) is 24.1 Å². The Morgan fingerprint density at radius 1 is 1.58 bits per heavy atom. The summed E-state index contributed by atoms with van der Waals surface area (Å²) in [4.78, 5) is 19.4. The summed E-state index contributed by atoms with van der Waals surface area (Å²) in [5, 5.41) is 3.01. The molecule has 0 aromatic carbocycles. The summed E-state index contributed by atoms with van der Waals surface area (Å²) in [6.07, 6.45) is 3.47. The summed E-state index contributed by atoms with van der Waals surface area (Å²) in [7, 11) is 0. The first-order valence-corrected chi connectivity index (χ1v) is 7.72. The average Bonchev–Trinajstić information content (AvgIpc) is 3.10. The van der Waals surface area contributed by atoms with E-state index < -0.39 is 0 Å². The Hall–Kier alpha value is -1.53. The molecule has 0 spiro atoms. The first kappa shape index (κ1) is 12.5. The number of amides is 1. The molecule has 2 aromatic rings. The van der Waals surface area contributed by atoms with Crippen molar-refractivity contribution < 1.29 is 9.21 Å². The van der Waals surface area contributed by atoms with E-state index in [1.165, 1.54) is 6.26 Å². The van der Waals surface area contributed by atoms with E-state index in [1.807, 2.05) is 23.6 Å². The standard InChI is InChI=1S/C13H12N2O2S2/c1-9-14-11(8-17-9)13(16)15-4-6-19-12(15)7-10-3-2-5-18-10/h2-3,5,7-8H,4,6H2,1H3/b12-7+. The highest BCUT2D eigenvalue weighted by Crippen LogP contribution is 2.31. The van der Waals surface area contributed by atoms with Crippen LogP contribution < -0.4 is 0 Å². The smallest absolute Gasteiger partial charge is 0.280 e. The number of hydrogen-bond acceptors (Lipinski definition) is 5. The van der Waals surface area contributed by atoms with E-state index in [-0.39, 0.29) is 5.91 Å². The molecular weight excluding hydrogens is 280 g/mol. The summed E-state index contributed by atoms with van der Waals surface area (Å²) < 4.78 is 5.10. The number of rotatable bonds is 2. The van der Waals surface area contributed by atoms with Crippen molar-refractivity contribution >= 4 is 35.1 Å². The van der Waals surface area contributed by atoms with Crippen LogP contribution in [0.3, 0.4) is 0 Å². The maximum absolute atomic E-state index is 12.4. The van der Waals surface area contributed by atoms with Gasteiger partial charge < -0.3 is 9.32 Å². The number of hydrogen-bond donors (Lipinski definition) is 0. The molecule has 0 radical (unpaired) electrons. The Morgan fingerprint density at radius 2 is 2.47 bits per heavy atom. The highest BCUT2D eigenvalue weighted by molar-refractivity contribution is 8.03. The third-order valence-electron chi connectivity index (χ3n) is 2.72. The Labute approximate surface area is 119 Å². The van der Waals surface area contributed by atoms with Crippen LogP contribution in [0.4, 0.5) is 0 Å². The maximum atomic E-state index is 12.4. The summed E-state index contributed by atoms with van der Waals surface area (Å²) in [6.45, 7) is 2.45. The summed E-state index contributed by atoms with van der Waals surface area (Å²) >= 11 is 3.35. The molecule has 0 unspecified atom stereocenters. The molecule has 1 fully saturated rings. The minimum absolute atomic E-state index is 0.0929. The summed E-state index contributed by atoms with van der Waals surface area (Å²) in [5.74, 6) is 1.34. The van der Waals surface area contributed by atoms with Gasteiger partial charge in [-0.1, -0.05) is 6.07 Å². The summed E-state index contributed by atoms with van der Waals surface area (Å²) in [5.41, 5.74) is 0.372. The van der Waals surface area contributed by atoms with Crippen LogP contribution in [0.1, 0.15) is 21.3 Å². The van der Waals surface area contributed by atoms with Crippen molar-refractivity contribution in [3.63, 3.8) is 0 Å². The van der Waals surface area contributed by atoms with Gasteiger partial charge in [0.15, 0.2) is 11.6 Å². The molecule has 1 amide bonds. The van der Waals surface area contributed by atoms with Crippen LogP contribution in [-0.2, 0) is 0 Å².